The molecular weight excluding hydrogens is 301 g/mol. The summed E-state index contributed by atoms with van der Waals surface area (Å²) in [7, 11) is -0.633. The van der Waals surface area contributed by atoms with Gasteiger partial charge in [0, 0.05) is 24.2 Å². The van der Waals surface area contributed by atoms with Gasteiger partial charge in [0.2, 0.25) is 0 Å². The Kier molecular flexibility index (Phi) is 4.67. The minimum Gasteiger partial charge on any atom is -0.383 e. The fourth-order valence-corrected chi connectivity index (χ4v) is 3.65. The van der Waals surface area contributed by atoms with Gasteiger partial charge < -0.3 is 14.0 Å². The smallest absolute Gasteiger partial charge is 0.383 e. The molecule has 0 atom stereocenters. The Labute approximate surface area is 143 Å². The van der Waals surface area contributed by atoms with E-state index in [9.17, 15) is 0 Å². The molecule has 0 unspecified atom stereocenters. The highest BCUT2D eigenvalue weighted by Crippen LogP contribution is 2.40. The minimum absolute atomic E-state index is 0.574. The van der Waals surface area contributed by atoms with Crippen molar-refractivity contribution in [3.63, 3.8) is 0 Å². The molecule has 2 heterocycles. The zero-order valence-electron chi connectivity index (χ0n) is 13.8. The van der Waals surface area contributed by atoms with Crippen LogP contribution in [0.5, 0.6) is 0 Å². The van der Waals surface area contributed by atoms with Gasteiger partial charge in [0.1, 0.15) is 0 Å². The topological polar surface area (TPSA) is 30.9 Å². The number of hydrogen-bond acceptors (Lipinski definition) is 4. The Morgan fingerprint density at radius 2 is 1.29 bits per heavy atom. The first-order valence-corrected chi connectivity index (χ1v) is 8.67. The lowest BCUT2D eigenvalue weighted by Gasteiger charge is -2.43. The third-order valence-electron chi connectivity index (χ3n) is 4.74. The van der Waals surface area contributed by atoms with E-state index in [0.717, 1.165) is 24.2 Å². The van der Waals surface area contributed by atoms with Crippen LogP contribution in [0, 0.1) is 0 Å². The van der Waals surface area contributed by atoms with E-state index in [4.69, 9.17) is 14.0 Å². The van der Waals surface area contributed by atoms with E-state index in [-0.39, 0.29) is 0 Å². The zero-order chi connectivity index (χ0) is 16.2. The van der Waals surface area contributed by atoms with Gasteiger partial charge in [-0.25, -0.2) is 0 Å². The van der Waals surface area contributed by atoms with Crippen LogP contribution in [-0.4, -0.2) is 38.5 Å². The van der Waals surface area contributed by atoms with Crippen molar-refractivity contribution in [3.8, 4) is 0 Å². The highest BCUT2D eigenvalue weighted by Gasteiger charge is 2.47. The Morgan fingerprint density at radius 1 is 0.792 bits per heavy atom. The van der Waals surface area contributed by atoms with E-state index >= 15 is 0 Å². The lowest BCUT2D eigenvalue weighted by atomic mass is 9.91. The van der Waals surface area contributed by atoms with Crippen molar-refractivity contribution in [2.45, 2.75) is 18.6 Å². The van der Waals surface area contributed by atoms with Crippen molar-refractivity contribution < 1.29 is 14.0 Å². The maximum absolute atomic E-state index is 6.54. The predicted octanol–water partition coefficient (Wildman–Crippen LogP) is 3.03. The second kappa shape index (κ2) is 7.07. The standard InChI is InChI=1S/C19H22BNO3/c1-3-9-17(10-4-1)19(21-13-7-8-14-21,18-11-5-2-6-12-18)24-20-22-15-16-23-20/h1-6,9-12H,7-8,13-16H2. The molecule has 0 N–H and O–H groups in total. The highest BCUT2D eigenvalue weighted by atomic mass is 16.8. The largest absolute Gasteiger partial charge is 0.641 e. The first-order chi connectivity index (χ1) is 11.9. The second-order valence-corrected chi connectivity index (χ2v) is 6.22. The monoisotopic (exact) mass is 323 g/mol. The molecular formula is C19H22BNO3. The summed E-state index contributed by atoms with van der Waals surface area (Å²) in [5.41, 5.74) is 1.53. The minimum atomic E-state index is -0.686. The highest BCUT2D eigenvalue weighted by molar-refractivity contribution is 6.37. The summed E-state index contributed by atoms with van der Waals surface area (Å²) in [6.45, 7) is 3.14. The van der Waals surface area contributed by atoms with Crippen molar-refractivity contribution in [1.82, 2.24) is 4.90 Å². The average molecular weight is 323 g/mol. The molecule has 5 heteroatoms. The molecule has 0 aliphatic carbocycles. The maximum Gasteiger partial charge on any atom is 0.641 e. The van der Waals surface area contributed by atoms with Crippen LogP contribution >= 0.6 is 0 Å². The summed E-state index contributed by atoms with van der Waals surface area (Å²) in [5, 5.41) is 0. The molecule has 2 saturated heterocycles. The van der Waals surface area contributed by atoms with E-state index in [1.54, 1.807) is 0 Å². The quantitative estimate of drug-likeness (QED) is 0.792. The van der Waals surface area contributed by atoms with Gasteiger partial charge in [-0.2, -0.15) is 0 Å². The number of nitrogens with zero attached hydrogens (tertiary/aromatic N) is 1. The number of benzene rings is 2. The summed E-state index contributed by atoms with van der Waals surface area (Å²) in [4.78, 5) is 2.41. The van der Waals surface area contributed by atoms with E-state index in [0.29, 0.717) is 13.2 Å². The number of hydrogen-bond donors (Lipinski definition) is 0. The van der Waals surface area contributed by atoms with Gasteiger partial charge in [-0.15, -0.1) is 0 Å². The number of likely N-dealkylation sites (tertiary alicyclic amines) is 1. The summed E-state index contributed by atoms with van der Waals surface area (Å²) in [6, 6.07) is 20.8. The van der Waals surface area contributed by atoms with Crippen molar-refractivity contribution >= 4 is 7.32 Å². The molecule has 0 radical (unpaired) electrons. The average Bonchev–Trinajstić information content (AvgIpc) is 3.35. The van der Waals surface area contributed by atoms with Crippen LogP contribution in [0.15, 0.2) is 60.7 Å². The molecule has 2 aromatic rings. The van der Waals surface area contributed by atoms with E-state index in [1.807, 2.05) is 12.1 Å². The zero-order valence-corrected chi connectivity index (χ0v) is 13.8. The van der Waals surface area contributed by atoms with Crippen LogP contribution in [0.4, 0.5) is 0 Å². The fraction of sp³-hybridized carbons (Fsp3) is 0.368. The van der Waals surface area contributed by atoms with Crippen LogP contribution in [0.2, 0.25) is 0 Å². The van der Waals surface area contributed by atoms with Gasteiger partial charge in [-0.05, 0) is 12.8 Å². The fourth-order valence-electron chi connectivity index (χ4n) is 3.65. The van der Waals surface area contributed by atoms with Gasteiger partial charge in [0.25, 0.3) is 0 Å². The third-order valence-corrected chi connectivity index (χ3v) is 4.74. The molecule has 2 aromatic carbocycles. The summed E-state index contributed by atoms with van der Waals surface area (Å²) in [6.07, 6.45) is 2.36. The van der Waals surface area contributed by atoms with Crippen molar-refractivity contribution in [3.05, 3.63) is 71.8 Å². The lowest BCUT2D eigenvalue weighted by molar-refractivity contribution is -0.0734. The summed E-state index contributed by atoms with van der Waals surface area (Å²) >= 11 is 0. The molecule has 0 bridgehead atoms. The molecule has 0 amide bonds. The molecule has 2 aliphatic rings. The molecule has 24 heavy (non-hydrogen) atoms. The summed E-state index contributed by atoms with van der Waals surface area (Å²) < 4.78 is 17.8. The van der Waals surface area contributed by atoms with Crippen molar-refractivity contribution in [2.75, 3.05) is 26.3 Å². The van der Waals surface area contributed by atoms with Crippen LogP contribution in [0.1, 0.15) is 24.0 Å². The molecule has 0 spiro atoms. The van der Waals surface area contributed by atoms with Crippen LogP contribution < -0.4 is 0 Å². The normalized spacial score (nSPS) is 19.1. The second-order valence-electron chi connectivity index (χ2n) is 6.22. The maximum atomic E-state index is 6.54. The lowest BCUT2D eigenvalue weighted by Crippen LogP contribution is -2.51. The van der Waals surface area contributed by atoms with Crippen LogP contribution in [0.3, 0.4) is 0 Å². The molecule has 4 nitrogen and oxygen atoms in total. The van der Waals surface area contributed by atoms with E-state index < -0.39 is 13.0 Å². The van der Waals surface area contributed by atoms with Gasteiger partial charge >= 0.3 is 7.32 Å². The molecule has 2 aliphatic heterocycles. The predicted molar refractivity (Wildman–Crippen MR) is 93.2 cm³/mol. The van der Waals surface area contributed by atoms with E-state index in [2.05, 4.69) is 53.4 Å². The molecule has 4 rings (SSSR count). The van der Waals surface area contributed by atoms with E-state index in [1.165, 1.54) is 12.8 Å². The molecule has 2 fully saturated rings. The summed E-state index contributed by atoms with van der Waals surface area (Å²) in [5.74, 6) is 0. The van der Waals surface area contributed by atoms with Gasteiger partial charge in [0.05, 0.1) is 13.2 Å². The SMILES string of the molecule is c1ccc(C(OB2OCCO2)(c2ccccc2)N2CCCC2)cc1. The molecule has 124 valence electrons. The van der Waals surface area contributed by atoms with Gasteiger partial charge in [-0.1, -0.05) is 60.7 Å². The number of rotatable bonds is 5. The molecule has 0 saturated carbocycles. The Hall–Kier alpha value is -1.66. The van der Waals surface area contributed by atoms with Crippen molar-refractivity contribution in [1.29, 1.82) is 0 Å². The first kappa shape index (κ1) is 15.8. The van der Waals surface area contributed by atoms with Gasteiger partial charge in [-0.3, -0.25) is 4.90 Å². The van der Waals surface area contributed by atoms with Crippen LogP contribution in [0.25, 0.3) is 0 Å². The molecule has 0 aromatic heterocycles. The van der Waals surface area contributed by atoms with Crippen LogP contribution in [-0.2, 0) is 19.7 Å². The first-order valence-electron chi connectivity index (χ1n) is 8.67. The Morgan fingerprint density at radius 3 is 1.79 bits per heavy atom. The van der Waals surface area contributed by atoms with Crippen molar-refractivity contribution in [2.24, 2.45) is 0 Å². The van der Waals surface area contributed by atoms with Gasteiger partial charge in [0.15, 0.2) is 5.72 Å². The Balaban J connectivity index is 1.84. The third kappa shape index (κ3) is 2.89. The Bertz CT molecular complexity index is 601.